The van der Waals surface area contributed by atoms with E-state index < -0.39 is 0 Å². The molecule has 0 radical (unpaired) electrons. The van der Waals surface area contributed by atoms with Gasteiger partial charge in [0, 0.05) is 23.7 Å². The second kappa shape index (κ2) is 6.36. The van der Waals surface area contributed by atoms with Crippen LogP contribution in [0.2, 0.25) is 0 Å². The topological polar surface area (TPSA) is 24.9 Å². The summed E-state index contributed by atoms with van der Waals surface area (Å²) in [5, 5.41) is 5.06. The predicted octanol–water partition coefficient (Wildman–Crippen LogP) is 4.40. The lowest BCUT2D eigenvalue weighted by molar-refractivity contribution is 0.130. The molecule has 1 fully saturated rings. The van der Waals surface area contributed by atoms with E-state index in [2.05, 4.69) is 38.0 Å². The lowest BCUT2D eigenvalue weighted by atomic mass is 9.69. The van der Waals surface area contributed by atoms with Crippen molar-refractivity contribution in [2.45, 2.75) is 72.4 Å². The Morgan fingerprint density at radius 1 is 1.32 bits per heavy atom. The molecule has 1 N–H and O–H groups in total. The smallest absolute Gasteiger partial charge is 0.0925 e. The van der Waals surface area contributed by atoms with Crippen molar-refractivity contribution in [1.29, 1.82) is 0 Å². The van der Waals surface area contributed by atoms with E-state index in [1.807, 2.05) is 17.5 Å². The highest BCUT2D eigenvalue weighted by Gasteiger charge is 2.33. The number of hydrogen-bond donors (Lipinski definition) is 1. The van der Waals surface area contributed by atoms with Crippen molar-refractivity contribution in [2.24, 2.45) is 11.3 Å². The monoisotopic (exact) mass is 280 g/mol. The molecule has 0 spiro atoms. The zero-order valence-electron chi connectivity index (χ0n) is 12.8. The van der Waals surface area contributed by atoms with Crippen molar-refractivity contribution in [3.63, 3.8) is 0 Å². The average molecular weight is 280 g/mol. The summed E-state index contributed by atoms with van der Waals surface area (Å²) in [6, 6.07) is 0.681. The first kappa shape index (κ1) is 15.0. The molecule has 2 atom stereocenters. The number of nitrogens with zero attached hydrogens (tertiary/aromatic N) is 1. The molecule has 0 aromatic carbocycles. The first-order valence-corrected chi connectivity index (χ1v) is 8.49. The first-order chi connectivity index (χ1) is 9.00. The zero-order chi connectivity index (χ0) is 13.9. The van der Waals surface area contributed by atoms with E-state index in [-0.39, 0.29) is 0 Å². The van der Waals surface area contributed by atoms with Crippen LogP contribution < -0.4 is 5.32 Å². The summed E-state index contributed by atoms with van der Waals surface area (Å²) < 4.78 is 0. The summed E-state index contributed by atoms with van der Waals surface area (Å²) in [5.41, 5.74) is 0.417. The van der Waals surface area contributed by atoms with E-state index in [1.165, 1.54) is 35.6 Å². The molecule has 0 bridgehead atoms. The molecule has 1 aliphatic rings. The lowest BCUT2D eigenvalue weighted by Crippen LogP contribution is -2.43. The number of hydrogen-bond acceptors (Lipinski definition) is 3. The van der Waals surface area contributed by atoms with Crippen LogP contribution in [0.1, 0.15) is 63.3 Å². The molecule has 1 aromatic rings. The summed E-state index contributed by atoms with van der Waals surface area (Å²) in [4.78, 5) is 5.83. The highest BCUT2D eigenvalue weighted by Crippen LogP contribution is 2.38. The lowest BCUT2D eigenvalue weighted by Gasteiger charge is -2.41. The van der Waals surface area contributed by atoms with E-state index in [1.54, 1.807) is 0 Å². The Bertz CT molecular complexity index is 392. The summed E-state index contributed by atoms with van der Waals surface area (Å²) in [7, 11) is 0. The Morgan fingerprint density at radius 2 is 2.05 bits per heavy atom. The highest BCUT2D eigenvalue weighted by molar-refractivity contribution is 7.11. The average Bonchev–Trinajstić information content (AvgIpc) is 2.83. The van der Waals surface area contributed by atoms with Gasteiger partial charge in [-0.05, 0) is 30.6 Å². The van der Waals surface area contributed by atoms with Crippen molar-refractivity contribution in [1.82, 2.24) is 10.3 Å². The van der Waals surface area contributed by atoms with Gasteiger partial charge in [-0.1, -0.05) is 40.5 Å². The zero-order valence-corrected chi connectivity index (χ0v) is 13.6. The largest absolute Gasteiger partial charge is 0.309 e. The van der Waals surface area contributed by atoms with Gasteiger partial charge >= 0.3 is 0 Å². The van der Waals surface area contributed by atoms with Crippen LogP contribution in [-0.2, 0) is 13.0 Å². The van der Waals surface area contributed by atoms with Crippen molar-refractivity contribution in [3.05, 3.63) is 16.1 Å². The van der Waals surface area contributed by atoms with Gasteiger partial charge in [0.15, 0.2) is 0 Å². The molecule has 19 heavy (non-hydrogen) atoms. The summed E-state index contributed by atoms with van der Waals surface area (Å²) in [5.74, 6) is 0.805. The highest BCUT2D eigenvalue weighted by atomic mass is 32.1. The van der Waals surface area contributed by atoms with Crippen LogP contribution in [0.5, 0.6) is 0 Å². The molecule has 0 amide bonds. The number of aromatic nitrogens is 1. The minimum Gasteiger partial charge on any atom is -0.309 e. The summed E-state index contributed by atoms with van der Waals surface area (Å²) >= 11 is 1.86. The second-order valence-electron chi connectivity index (χ2n) is 6.82. The molecule has 1 aliphatic carbocycles. The van der Waals surface area contributed by atoms with Crippen LogP contribution in [0.25, 0.3) is 0 Å². The van der Waals surface area contributed by atoms with Gasteiger partial charge in [-0.2, -0.15) is 0 Å². The minimum atomic E-state index is 0.417. The molecule has 3 heteroatoms. The van der Waals surface area contributed by atoms with Crippen LogP contribution in [0.4, 0.5) is 0 Å². The van der Waals surface area contributed by atoms with Crippen LogP contribution in [0.15, 0.2) is 6.20 Å². The van der Waals surface area contributed by atoms with Gasteiger partial charge in [0.05, 0.1) is 5.01 Å². The number of nitrogens with one attached hydrogen (secondary N) is 1. The summed E-state index contributed by atoms with van der Waals surface area (Å²) in [6.45, 7) is 10.3. The third-order valence-electron chi connectivity index (χ3n) is 4.32. The fourth-order valence-corrected chi connectivity index (χ4v) is 4.05. The molecule has 1 saturated carbocycles. The maximum atomic E-state index is 4.44. The van der Waals surface area contributed by atoms with Crippen LogP contribution >= 0.6 is 11.3 Å². The molecule has 0 aliphatic heterocycles. The standard InChI is InChI=1S/C16H28N2S/c1-5-15-18-11-12(19-15)10-17-14-9-7-6-8-13(14)16(2,3)4/h11,13-14,17H,5-10H2,1-4H3. The maximum absolute atomic E-state index is 4.44. The SMILES string of the molecule is CCc1ncc(CNC2CCCCC2C(C)(C)C)s1. The van der Waals surface area contributed by atoms with Gasteiger partial charge in [-0.15, -0.1) is 11.3 Å². The predicted molar refractivity (Wildman–Crippen MR) is 83.5 cm³/mol. The van der Waals surface area contributed by atoms with Gasteiger partial charge in [0.25, 0.3) is 0 Å². The number of aryl methyl sites for hydroxylation is 1. The Kier molecular flexibility index (Phi) is 5.02. The molecule has 1 heterocycles. The van der Waals surface area contributed by atoms with Crippen molar-refractivity contribution in [3.8, 4) is 0 Å². The van der Waals surface area contributed by atoms with Gasteiger partial charge in [-0.25, -0.2) is 4.98 Å². The van der Waals surface area contributed by atoms with Crippen molar-refractivity contribution >= 4 is 11.3 Å². The van der Waals surface area contributed by atoms with E-state index >= 15 is 0 Å². The van der Waals surface area contributed by atoms with E-state index in [4.69, 9.17) is 0 Å². The summed E-state index contributed by atoms with van der Waals surface area (Å²) in [6.07, 6.45) is 8.60. The molecular formula is C16H28N2S. The Labute approximate surface area is 122 Å². The third-order valence-corrected chi connectivity index (χ3v) is 5.46. The Balaban J connectivity index is 1.92. The van der Waals surface area contributed by atoms with Gasteiger partial charge < -0.3 is 5.32 Å². The molecule has 108 valence electrons. The van der Waals surface area contributed by atoms with Gasteiger partial charge in [-0.3, -0.25) is 0 Å². The quantitative estimate of drug-likeness (QED) is 0.884. The van der Waals surface area contributed by atoms with E-state index in [9.17, 15) is 0 Å². The van der Waals surface area contributed by atoms with Crippen LogP contribution in [0.3, 0.4) is 0 Å². The van der Waals surface area contributed by atoms with Gasteiger partial charge in [0.2, 0.25) is 0 Å². The van der Waals surface area contributed by atoms with E-state index in [0.717, 1.165) is 18.9 Å². The Morgan fingerprint density at radius 3 is 2.68 bits per heavy atom. The second-order valence-corrected chi connectivity index (χ2v) is 8.02. The molecule has 2 nitrogen and oxygen atoms in total. The van der Waals surface area contributed by atoms with E-state index in [0.29, 0.717) is 11.5 Å². The van der Waals surface area contributed by atoms with Crippen LogP contribution in [-0.4, -0.2) is 11.0 Å². The van der Waals surface area contributed by atoms with Crippen molar-refractivity contribution in [2.75, 3.05) is 0 Å². The molecule has 2 rings (SSSR count). The number of thiazole rings is 1. The molecule has 1 aromatic heterocycles. The Hall–Kier alpha value is -0.410. The molecule has 2 unspecified atom stereocenters. The first-order valence-electron chi connectivity index (χ1n) is 7.67. The fraction of sp³-hybridized carbons (Fsp3) is 0.812. The third kappa shape index (κ3) is 4.03. The maximum Gasteiger partial charge on any atom is 0.0925 e. The van der Waals surface area contributed by atoms with Gasteiger partial charge in [0.1, 0.15) is 0 Å². The number of rotatable bonds is 4. The van der Waals surface area contributed by atoms with Crippen molar-refractivity contribution < 1.29 is 0 Å². The molecule has 0 saturated heterocycles. The fourth-order valence-electron chi connectivity index (χ4n) is 3.24. The molecular weight excluding hydrogens is 252 g/mol. The van der Waals surface area contributed by atoms with Crippen LogP contribution in [0, 0.1) is 11.3 Å². The normalized spacial score (nSPS) is 24.6. The minimum absolute atomic E-state index is 0.417.